The Hall–Kier alpha value is -4.99. The molecule has 0 unspecified atom stereocenters. The van der Waals surface area contributed by atoms with E-state index >= 15 is 0 Å². The lowest BCUT2D eigenvalue weighted by Gasteiger charge is -2.28. The summed E-state index contributed by atoms with van der Waals surface area (Å²) in [5, 5.41) is 7.74. The number of benzene rings is 2. The highest BCUT2D eigenvalue weighted by atomic mass is 28.3. The Labute approximate surface area is 325 Å². The maximum absolute atomic E-state index is 14.3. The van der Waals surface area contributed by atoms with E-state index < -0.39 is 49.0 Å². The highest BCUT2D eigenvalue weighted by Gasteiger charge is 2.26. The number of carbonyl (C=O) groups excluding carboxylic acids is 2. The molecule has 6 rings (SSSR count). The molecule has 11 nitrogen and oxygen atoms in total. The minimum atomic E-state index is -1.45. The maximum atomic E-state index is 14.3. The van der Waals surface area contributed by atoms with Crippen molar-refractivity contribution in [2.75, 3.05) is 25.0 Å². The minimum Gasteiger partial charge on any atom is -0.443 e. The van der Waals surface area contributed by atoms with Crippen LogP contribution in [0, 0.1) is 11.6 Å². The molecule has 0 radical (unpaired) electrons. The molecule has 1 aliphatic rings. The van der Waals surface area contributed by atoms with Crippen molar-refractivity contribution in [1.82, 2.24) is 23.8 Å². The second kappa shape index (κ2) is 16.6. The molecule has 2 aromatic carbocycles. The van der Waals surface area contributed by atoms with Crippen LogP contribution in [-0.2, 0) is 29.3 Å². The van der Waals surface area contributed by atoms with Crippen LogP contribution in [0.4, 0.5) is 23.7 Å². The number of hydrogen-bond donors (Lipinski definition) is 1. The molecule has 4 heterocycles. The van der Waals surface area contributed by atoms with Gasteiger partial charge in [0.05, 0.1) is 40.8 Å². The maximum Gasteiger partial charge on any atom is 0.419 e. The van der Waals surface area contributed by atoms with Gasteiger partial charge in [-0.15, -0.1) is 0 Å². The Morgan fingerprint density at radius 2 is 1.66 bits per heavy atom. The molecule has 298 valence electrons. The van der Waals surface area contributed by atoms with Crippen molar-refractivity contribution >= 4 is 36.7 Å². The van der Waals surface area contributed by atoms with Crippen LogP contribution in [0.1, 0.15) is 55.1 Å². The molecule has 15 heteroatoms. The van der Waals surface area contributed by atoms with Gasteiger partial charge in [-0.05, 0) is 87.2 Å². The number of amides is 1. The van der Waals surface area contributed by atoms with Gasteiger partial charge in [0.2, 0.25) is 0 Å². The standard InChI is InChI=1S/C41H49F3N6O5Si/c1-41(2,3)55-40(53)50-36-10-8-27(22-47-13-11-31(42)12-14-47)17-29(36)20-37(50)33-19-30(24-48(39(33)52)26-54-15-16-56(4,5)6)38(51)46-32-21-45-49(25-32)23-28-7-9-34(43)35(44)18-28/h7-10,17-21,24-25,31H,11-16,22-23,26H2,1-6H3,(H,46,51). The first-order valence-electron chi connectivity index (χ1n) is 18.8. The Bertz CT molecular complexity index is 2280. The average molecular weight is 791 g/mol. The highest BCUT2D eigenvalue weighted by molar-refractivity contribution is 6.76. The summed E-state index contributed by atoms with van der Waals surface area (Å²) in [6.07, 6.45) is 3.88. The number of rotatable bonds is 12. The molecule has 1 N–H and O–H groups in total. The summed E-state index contributed by atoms with van der Waals surface area (Å²) in [6, 6.07) is 13.3. The highest BCUT2D eigenvalue weighted by Crippen LogP contribution is 2.30. The molecule has 1 aliphatic heterocycles. The van der Waals surface area contributed by atoms with Crippen molar-refractivity contribution < 1.29 is 32.2 Å². The monoisotopic (exact) mass is 790 g/mol. The lowest BCUT2D eigenvalue weighted by Crippen LogP contribution is -2.33. The van der Waals surface area contributed by atoms with E-state index in [-0.39, 0.29) is 30.1 Å². The quantitative estimate of drug-likeness (QED) is 0.100. The normalized spacial score (nSPS) is 14.4. The number of hydrogen-bond acceptors (Lipinski definition) is 7. The number of anilines is 1. The fourth-order valence-corrected chi connectivity index (χ4v) is 7.26. The fourth-order valence-electron chi connectivity index (χ4n) is 6.51. The van der Waals surface area contributed by atoms with Crippen LogP contribution >= 0.6 is 0 Å². The van der Waals surface area contributed by atoms with Crippen molar-refractivity contribution in [3.05, 3.63) is 106 Å². The summed E-state index contributed by atoms with van der Waals surface area (Å²) in [5.41, 5.74) is 1.38. The zero-order valence-corrected chi connectivity index (χ0v) is 33.7. The van der Waals surface area contributed by atoms with Gasteiger partial charge in [-0.2, -0.15) is 5.10 Å². The number of carbonyl (C=O) groups is 2. The number of nitrogens with zero attached hydrogens (tertiary/aromatic N) is 5. The van der Waals surface area contributed by atoms with Gasteiger partial charge in [-0.3, -0.25) is 23.7 Å². The molecule has 0 spiro atoms. The molecule has 0 bridgehead atoms. The molecule has 1 fully saturated rings. The SMILES string of the molecule is CC(C)(C)OC(=O)n1c(-c2cc(C(=O)Nc3cnn(Cc4ccc(F)c(F)c4)c3)cn(COCC[Si](C)(C)C)c2=O)cc2cc(CN3CCC(F)CC3)ccc21. The van der Waals surface area contributed by atoms with Crippen LogP contribution in [0.3, 0.4) is 0 Å². The van der Waals surface area contributed by atoms with Crippen LogP contribution in [0.15, 0.2) is 71.9 Å². The second-order valence-electron chi connectivity index (χ2n) is 16.6. The third kappa shape index (κ3) is 10.2. The topological polar surface area (TPSA) is 113 Å². The number of alkyl halides is 1. The molecular weight excluding hydrogens is 742 g/mol. The molecule has 0 atom stereocenters. The lowest BCUT2D eigenvalue weighted by molar-refractivity contribution is 0.0547. The molecule has 5 aromatic rings. The summed E-state index contributed by atoms with van der Waals surface area (Å²) in [6.45, 7) is 14.2. The van der Waals surface area contributed by atoms with E-state index in [9.17, 15) is 27.6 Å². The fraction of sp³-hybridized carbons (Fsp3) is 0.415. The van der Waals surface area contributed by atoms with Gasteiger partial charge >= 0.3 is 6.09 Å². The molecule has 56 heavy (non-hydrogen) atoms. The number of pyridine rings is 1. The van der Waals surface area contributed by atoms with Gasteiger partial charge in [0.25, 0.3) is 11.5 Å². The predicted molar refractivity (Wildman–Crippen MR) is 212 cm³/mol. The third-order valence-corrected chi connectivity index (χ3v) is 11.1. The zero-order chi connectivity index (χ0) is 40.4. The van der Waals surface area contributed by atoms with E-state index in [1.165, 1.54) is 38.3 Å². The van der Waals surface area contributed by atoms with Crippen molar-refractivity contribution in [2.24, 2.45) is 0 Å². The Balaban J connectivity index is 1.37. The van der Waals surface area contributed by atoms with Gasteiger partial charge in [0.15, 0.2) is 11.6 Å². The average Bonchev–Trinajstić information content (AvgIpc) is 3.72. The summed E-state index contributed by atoms with van der Waals surface area (Å²) < 4.78 is 57.0. The van der Waals surface area contributed by atoms with Crippen molar-refractivity contribution in [2.45, 2.75) is 90.9 Å². The molecule has 1 saturated heterocycles. The first-order valence-corrected chi connectivity index (χ1v) is 22.5. The predicted octanol–water partition coefficient (Wildman–Crippen LogP) is 8.27. The summed E-state index contributed by atoms with van der Waals surface area (Å²) in [4.78, 5) is 44.3. The zero-order valence-electron chi connectivity index (χ0n) is 32.7. The minimum absolute atomic E-state index is 0.0779. The molecule has 0 aliphatic carbocycles. The first-order chi connectivity index (χ1) is 26.4. The van der Waals surface area contributed by atoms with Crippen molar-refractivity contribution in [3.63, 3.8) is 0 Å². The van der Waals surface area contributed by atoms with E-state index in [1.54, 1.807) is 33.0 Å². The van der Waals surface area contributed by atoms with Gasteiger partial charge < -0.3 is 14.8 Å². The number of nitrogens with one attached hydrogen (secondary N) is 1. The number of fused-ring (bicyclic) bond motifs is 1. The molecule has 1 amide bonds. The van der Waals surface area contributed by atoms with Crippen molar-refractivity contribution in [1.29, 1.82) is 0 Å². The Morgan fingerprint density at radius 1 is 0.946 bits per heavy atom. The van der Waals surface area contributed by atoms with Crippen LogP contribution < -0.4 is 10.9 Å². The number of likely N-dealkylation sites (tertiary alicyclic amines) is 1. The molecule has 0 saturated carbocycles. The third-order valence-electron chi connectivity index (χ3n) is 9.44. The summed E-state index contributed by atoms with van der Waals surface area (Å²) >= 11 is 0. The van der Waals surface area contributed by atoms with Crippen LogP contribution in [0.25, 0.3) is 22.2 Å². The first kappa shape index (κ1) is 40.7. The number of piperidine rings is 1. The lowest BCUT2D eigenvalue weighted by atomic mass is 10.1. The van der Waals surface area contributed by atoms with Crippen molar-refractivity contribution in [3.8, 4) is 11.3 Å². The van der Waals surface area contributed by atoms with E-state index in [0.29, 0.717) is 61.2 Å². The smallest absolute Gasteiger partial charge is 0.419 e. The number of aromatic nitrogens is 4. The summed E-state index contributed by atoms with van der Waals surface area (Å²) in [7, 11) is -1.45. The van der Waals surface area contributed by atoms with E-state index in [2.05, 4.69) is 35.0 Å². The van der Waals surface area contributed by atoms with Gasteiger partial charge in [0.1, 0.15) is 18.5 Å². The van der Waals surface area contributed by atoms with Gasteiger partial charge in [-0.25, -0.2) is 22.5 Å². The molecular formula is C41H49F3N6O5Si. The van der Waals surface area contributed by atoms with E-state index in [0.717, 1.165) is 23.7 Å². The Kier molecular flexibility index (Phi) is 12.1. The summed E-state index contributed by atoms with van der Waals surface area (Å²) in [5.74, 6) is -2.49. The van der Waals surface area contributed by atoms with Crippen LogP contribution in [-0.4, -0.2) is 75.4 Å². The van der Waals surface area contributed by atoms with E-state index in [1.807, 2.05) is 18.2 Å². The van der Waals surface area contributed by atoms with Crippen LogP contribution in [0.2, 0.25) is 25.7 Å². The molecule has 3 aromatic heterocycles. The van der Waals surface area contributed by atoms with E-state index in [4.69, 9.17) is 9.47 Å². The number of halogens is 3. The van der Waals surface area contributed by atoms with Gasteiger partial charge in [-0.1, -0.05) is 31.8 Å². The van der Waals surface area contributed by atoms with Crippen LogP contribution in [0.5, 0.6) is 0 Å². The largest absolute Gasteiger partial charge is 0.443 e. The second-order valence-corrected chi connectivity index (χ2v) is 22.2. The number of ether oxygens (including phenoxy) is 2. The Morgan fingerprint density at radius 3 is 2.36 bits per heavy atom. The van der Waals surface area contributed by atoms with Gasteiger partial charge in [0, 0.05) is 52.1 Å².